The second-order valence-corrected chi connectivity index (χ2v) is 7.58. The summed E-state index contributed by atoms with van der Waals surface area (Å²) in [6.07, 6.45) is 0.313. The standard InChI is InChI=1S/C20H29N5O2/c1-13-9-14(2)11-15(10-13)16-12-17(25-18(21)24-16)22-7-6-8-23-19(26)27-20(3,4)5/h9-12H,6-8H2,1-5H3,(H,23,26)(H3,21,22,24,25). The molecule has 0 atom stereocenters. The molecule has 0 unspecified atom stereocenters. The fourth-order valence-corrected chi connectivity index (χ4v) is 2.64. The van der Waals surface area contributed by atoms with E-state index in [1.807, 2.05) is 26.8 Å². The van der Waals surface area contributed by atoms with Crippen molar-refractivity contribution >= 4 is 17.9 Å². The molecule has 7 heteroatoms. The molecular weight excluding hydrogens is 342 g/mol. The maximum Gasteiger partial charge on any atom is 0.407 e. The molecular formula is C20H29N5O2. The number of alkyl carbamates (subject to hydrolysis) is 1. The molecule has 4 N–H and O–H groups in total. The molecule has 1 aromatic heterocycles. The van der Waals surface area contributed by atoms with E-state index < -0.39 is 11.7 Å². The summed E-state index contributed by atoms with van der Waals surface area (Å²) >= 11 is 0. The lowest BCUT2D eigenvalue weighted by Crippen LogP contribution is -2.33. The number of nitrogen functional groups attached to an aromatic ring is 1. The van der Waals surface area contributed by atoms with Crippen LogP contribution < -0.4 is 16.4 Å². The lowest BCUT2D eigenvalue weighted by molar-refractivity contribution is 0.0528. The molecule has 0 saturated heterocycles. The van der Waals surface area contributed by atoms with Crippen molar-refractivity contribution in [2.75, 3.05) is 24.1 Å². The Bertz CT molecular complexity index is 779. The summed E-state index contributed by atoms with van der Waals surface area (Å²) in [7, 11) is 0. The van der Waals surface area contributed by atoms with E-state index in [2.05, 4.69) is 52.6 Å². The van der Waals surface area contributed by atoms with Gasteiger partial charge in [-0.05, 0) is 53.2 Å². The first kappa shape index (κ1) is 20.5. The van der Waals surface area contributed by atoms with Gasteiger partial charge in [-0.3, -0.25) is 0 Å². The number of amides is 1. The van der Waals surface area contributed by atoms with Gasteiger partial charge in [-0.2, -0.15) is 4.98 Å². The zero-order valence-corrected chi connectivity index (χ0v) is 16.7. The smallest absolute Gasteiger partial charge is 0.407 e. The van der Waals surface area contributed by atoms with Crippen LogP contribution in [0.3, 0.4) is 0 Å². The second-order valence-electron chi connectivity index (χ2n) is 7.58. The number of anilines is 2. The lowest BCUT2D eigenvalue weighted by Gasteiger charge is -2.19. The van der Waals surface area contributed by atoms with Crippen LogP contribution >= 0.6 is 0 Å². The van der Waals surface area contributed by atoms with Crippen molar-refractivity contribution in [3.8, 4) is 11.3 Å². The number of nitrogens with zero attached hydrogens (tertiary/aromatic N) is 2. The molecule has 1 amide bonds. The molecule has 1 aromatic carbocycles. The Morgan fingerprint density at radius 2 is 1.74 bits per heavy atom. The highest BCUT2D eigenvalue weighted by atomic mass is 16.6. The number of hydrogen-bond donors (Lipinski definition) is 3. The first-order chi connectivity index (χ1) is 12.6. The Hall–Kier alpha value is -2.83. The van der Waals surface area contributed by atoms with Gasteiger partial charge in [0.2, 0.25) is 5.95 Å². The van der Waals surface area contributed by atoms with Crippen molar-refractivity contribution < 1.29 is 9.53 Å². The summed E-state index contributed by atoms with van der Waals surface area (Å²) in [6, 6.07) is 8.14. The number of carbonyl (C=O) groups excluding carboxylic acids is 1. The average Bonchev–Trinajstić information content (AvgIpc) is 2.51. The van der Waals surface area contributed by atoms with E-state index in [-0.39, 0.29) is 5.95 Å². The lowest BCUT2D eigenvalue weighted by atomic mass is 10.0. The van der Waals surface area contributed by atoms with E-state index in [0.29, 0.717) is 18.9 Å². The van der Waals surface area contributed by atoms with Gasteiger partial charge in [-0.25, -0.2) is 9.78 Å². The molecule has 1 heterocycles. The molecule has 0 bridgehead atoms. The van der Waals surface area contributed by atoms with E-state index in [4.69, 9.17) is 10.5 Å². The van der Waals surface area contributed by atoms with Crippen molar-refractivity contribution in [3.63, 3.8) is 0 Å². The van der Waals surface area contributed by atoms with Crippen LogP contribution in [0.25, 0.3) is 11.3 Å². The van der Waals surface area contributed by atoms with Crippen LogP contribution in [0.1, 0.15) is 38.3 Å². The number of ether oxygens (including phenoxy) is 1. The Morgan fingerprint density at radius 3 is 2.37 bits per heavy atom. The Balaban J connectivity index is 1.90. The van der Waals surface area contributed by atoms with Crippen LogP contribution in [0, 0.1) is 13.8 Å². The van der Waals surface area contributed by atoms with Crippen molar-refractivity contribution in [2.24, 2.45) is 0 Å². The molecule has 0 spiro atoms. The van der Waals surface area contributed by atoms with Crippen LogP contribution in [0.15, 0.2) is 24.3 Å². The zero-order valence-electron chi connectivity index (χ0n) is 16.7. The topological polar surface area (TPSA) is 102 Å². The first-order valence-corrected chi connectivity index (χ1v) is 9.06. The zero-order chi connectivity index (χ0) is 20.0. The third-order valence-corrected chi connectivity index (χ3v) is 3.59. The molecule has 0 fully saturated rings. The van der Waals surface area contributed by atoms with Gasteiger partial charge in [0.15, 0.2) is 0 Å². The Kier molecular flexibility index (Phi) is 6.60. The predicted molar refractivity (Wildman–Crippen MR) is 109 cm³/mol. The van der Waals surface area contributed by atoms with E-state index in [0.717, 1.165) is 17.7 Å². The molecule has 7 nitrogen and oxygen atoms in total. The minimum atomic E-state index is -0.495. The van der Waals surface area contributed by atoms with E-state index in [1.165, 1.54) is 11.1 Å². The van der Waals surface area contributed by atoms with Gasteiger partial charge in [0.25, 0.3) is 0 Å². The molecule has 27 heavy (non-hydrogen) atoms. The van der Waals surface area contributed by atoms with Crippen molar-refractivity contribution in [1.29, 1.82) is 0 Å². The van der Waals surface area contributed by atoms with Crippen molar-refractivity contribution in [2.45, 2.75) is 46.6 Å². The molecule has 0 radical (unpaired) electrons. The highest BCUT2D eigenvalue weighted by Crippen LogP contribution is 2.23. The average molecular weight is 371 g/mol. The van der Waals surface area contributed by atoms with Crippen LogP contribution in [0.5, 0.6) is 0 Å². The monoisotopic (exact) mass is 371 g/mol. The SMILES string of the molecule is Cc1cc(C)cc(-c2cc(NCCCNC(=O)OC(C)(C)C)nc(N)n2)c1. The molecule has 2 rings (SSSR count). The van der Waals surface area contributed by atoms with Gasteiger partial charge >= 0.3 is 6.09 Å². The second kappa shape index (κ2) is 8.70. The third kappa shape index (κ3) is 7.13. The minimum absolute atomic E-state index is 0.223. The van der Waals surface area contributed by atoms with Gasteiger partial charge in [-0.15, -0.1) is 0 Å². The van der Waals surface area contributed by atoms with E-state index in [1.54, 1.807) is 0 Å². The minimum Gasteiger partial charge on any atom is -0.444 e. The van der Waals surface area contributed by atoms with Crippen molar-refractivity contribution in [3.05, 3.63) is 35.4 Å². The fourth-order valence-electron chi connectivity index (χ4n) is 2.64. The summed E-state index contributed by atoms with van der Waals surface area (Å²) in [6.45, 7) is 10.8. The first-order valence-electron chi connectivity index (χ1n) is 9.06. The van der Waals surface area contributed by atoms with Gasteiger partial charge in [-0.1, -0.05) is 17.2 Å². The number of hydrogen-bond acceptors (Lipinski definition) is 6. The highest BCUT2D eigenvalue weighted by Gasteiger charge is 2.15. The predicted octanol–water partition coefficient (Wildman–Crippen LogP) is 3.67. The summed E-state index contributed by atoms with van der Waals surface area (Å²) in [5, 5.41) is 5.95. The summed E-state index contributed by atoms with van der Waals surface area (Å²) in [4.78, 5) is 20.2. The van der Waals surface area contributed by atoms with Gasteiger partial charge < -0.3 is 21.1 Å². The number of aromatic nitrogens is 2. The maximum absolute atomic E-state index is 11.6. The molecule has 146 valence electrons. The molecule has 0 aliphatic rings. The largest absolute Gasteiger partial charge is 0.444 e. The Morgan fingerprint density at radius 1 is 1.07 bits per heavy atom. The quantitative estimate of drug-likeness (QED) is 0.670. The number of benzene rings is 1. The van der Waals surface area contributed by atoms with Gasteiger partial charge in [0.05, 0.1) is 5.69 Å². The number of carbonyl (C=O) groups is 1. The van der Waals surface area contributed by atoms with E-state index in [9.17, 15) is 4.79 Å². The normalized spacial score (nSPS) is 11.1. The number of rotatable bonds is 6. The number of aryl methyl sites for hydroxylation is 2. The Labute approximate surface area is 160 Å². The van der Waals surface area contributed by atoms with Gasteiger partial charge in [0.1, 0.15) is 11.4 Å². The summed E-state index contributed by atoms with van der Waals surface area (Å²) in [5.41, 5.74) is 9.51. The van der Waals surface area contributed by atoms with E-state index >= 15 is 0 Å². The molecule has 2 aromatic rings. The summed E-state index contributed by atoms with van der Waals surface area (Å²) < 4.78 is 5.19. The molecule has 0 saturated carbocycles. The highest BCUT2D eigenvalue weighted by molar-refractivity contribution is 5.67. The fraction of sp³-hybridized carbons (Fsp3) is 0.450. The number of nitrogens with one attached hydrogen (secondary N) is 2. The van der Waals surface area contributed by atoms with Crippen molar-refractivity contribution in [1.82, 2.24) is 15.3 Å². The number of nitrogens with two attached hydrogens (primary N) is 1. The summed E-state index contributed by atoms with van der Waals surface area (Å²) in [5.74, 6) is 0.884. The van der Waals surface area contributed by atoms with Crippen LogP contribution in [-0.2, 0) is 4.74 Å². The maximum atomic E-state index is 11.6. The van der Waals surface area contributed by atoms with Crippen LogP contribution in [-0.4, -0.2) is 34.8 Å². The van der Waals surface area contributed by atoms with Gasteiger partial charge in [0, 0.05) is 24.7 Å². The molecule has 0 aliphatic heterocycles. The van der Waals surface area contributed by atoms with Crippen LogP contribution in [0.4, 0.5) is 16.6 Å². The third-order valence-electron chi connectivity index (χ3n) is 3.59. The van der Waals surface area contributed by atoms with Crippen LogP contribution in [0.2, 0.25) is 0 Å². The molecule has 0 aliphatic carbocycles.